The van der Waals surface area contributed by atoms with E-state index in [2.05, 4.69) is 22.4 Å². The van der Waals surface area contributed by atoms with Crippen LogP contribution in [0.15, 0.2) is 4.52 Å². The first-order valence-electron chi connectivity index (χ1n) is 8.90. The van der Waals surface area contributed by atoms with Crippen molar-refractivity contribution in [1.29, 1.82) is 0 Å². The highest BCUT2D eigenvalue weighted by Gasteiger charge is 2.24. The smallest absolute Gasteiger partial charge is 0.246 e. The van der Waals surface area contributed by atoms with Crippen LogP contribution in [0, 0.1) is 11.8 Å². The van der Waals surface area contributed by atoms with Crippen LogP contribution in [-0.2, 0) is 16.1 Å². The summed E-state index contributed by atoms with van der Waals surface area (Å²) in [5, 5.41) is 7.34. The first-order chi connectivity index (χ1) is 11.5. The molecule has 1 N–H and O–H groups in total. The fourth-order valence-electron chi connectivity index (χ4n) is 3.08. The second kappa shape index (κ2) is 9.13. The summed E-state index contributed by atoms with van der Waals surface area (Å²) in [6.07, 6.45) is 2.75. The number of rotatable bonds is 8. The summed E-state index contributed by atoms with van der Waals surface area (Å²) in [6.45, 7) is 9.01. The van der Waals surface area contributed by atoms with Crippen molar-refractivity contribution in [3.63, 3.8) is 0 Å². The molecule has 0 spiro atoms. The van der Waals surface area contributed by atoms with Gasteiger partial charge in [-0.3, -0.25) is 4.79 Å². The Kier molecular flexibility index (Phi) is 7.17. The molecule has 0 aromatic carbocycles. The third-order valence-electron chi connectivity index (χ3n) is 4.70. The van der Waals surface area contributed by atoms with Gasteiger partial charge in [-0.05, 0) is 51.6 Å². The molecular weight excluding hydrogens is 308 g/mol. The zero-order chi connectivity index (χ0) is 17.5. The van der Waals surface area contributed by atoms with E-state index >= 15 is 0 Å². The third kappa shape index (κ3) is 5.27. The fraction of sp³-hybridized carbons (Fsp3) is 0.824. The van der Waals surface area contributed by atoms with Crippen LogP contribution in [0.4, 0.5) is 0 Å². The third-order valence-corrected chi connectivity index (χ3v) is 4.70. The van der Waals surface area contributed by atoms with E-state index in [4.69, 9.17) is 9.26 Å². The summed E-state index contributed by atoms with van der Waals surface area (Å²) in [4.78, 5) is 18.4. The molecular formula is C17H30N4O3. The van der Waals surface area contributed by atoms with E-state index < -0.39 is 0 Å². The molecule has 1 amide bonds. The quantitative estimate of drug-likeness (QED) is 0.782. The van der Waals surface area contributed by atoms with Gasteiger partial charge in [0, 0.05) is 20.1 Å². The van der Waals surface area contributed by atoms with Crippen LogP contribution in [0.25, 0.3) is 0 Å². The maximum absolute atomic E-state index is 12.4. The standard InChI is InChI=1S/C17H30N4O3/c1-5-23-13(3)17-19-15(24-20-17)11-21(4)16(22)9-12(2)14-7-6-8-18-10-14/h12-14,18H,5-11H2,1-4H3. The lowest BCUT2D eigenvalue weighted by Crippen LogP contribution is -2.36. The topological polar surface area (TPSA) is 80.5 Å². The molecule has 1 aliphatic heterocycles. The van der Waals surface area contributed by atoms with E-state index in [0.29, 0.717) is 43.1 Å². The van der Waals surface area contributed by atoms with Gasteiger partial charge in [-0.25, -0.2) is 0 Å². The van der Waals surface area contributed by atoms with Crippen molar-refractivity contribution in [2.75, 3.05) is 26.7 Å². The number of carbonyl (C=O) groups is 1. The summed E-state index contributed by atoms with van der Waals surface area (Å²) < 4.78 is 10.7. The fourth-order valence-corrected chi connectivity index (χ4v) is 3.08. The van der Waals surface area contributed by atoms with Crippen molar-refractivity contribution in [1.82, 2.24) is 20.4 Å². The highest BCUT2D eigenvalue weighted by atomic mass is 16.5. The van der Waals surface area contributed by atoms with E-state index in [-0.39, 0.29) is 12.0 Å². The van der Waals surface area contributed by atoms with Gasteiger partial charge < -0.3 is 19.5 Å². The van der Waals surface area contributed by atoms with Gasteiger partial charge in [-0.2, -0.15) is 4.98 Å². The van der Waals surface area contributed by atoms with Gasteiger partial charge in [0.15, 0.2) is 5.82 Å². The monoisotopic (exact) mass is 338 g/mol. The number of ether oxygens (including phenoxy) is 1. The molecule has 7 nitrogen and oxygen atoms in total. The zero-order valence-corrected chi connectivity index (χ0v) is 15.2. The van der Waals surface area contributed by atoms with Crippen molar-refractivity contribution in [2.45, 2.75) is 52.7 Å². The number of hydrogen-bond donors (Lipinski definition) is 1. The molecule has 3 unspecified atom stereocenters. The maximum Gasteiger partial charge on any atom is 0.246 e. The number of hydrogen-bond acceptors (Lipinski definition) is 6. The van der Waals surface area contributed by atoms with Crippen LogP contribution in [0.3, 0.4) is 0 Å². The van der Waals surface area contributed by atoms with Crippen LogP contribution in [-0.4, -0.2) is 47.7 Å². The van der Waals surface area contributed by atoms with Crippen LogP contribution >= 0.6 is 0 Å². The lowest BCUT2D eigenvalue weighted by Gasteiger charge is -2.29. The Morgan fingerprint density at radius 1 is 1.50 bits per heavy atom. The molecule has 1 saturated heterocycles. The molecule has 0 aliphatic carbocycles. The Balaban J connectivity index is 1.82. The predicted molar refractivity (Wildman–Crippen MR) is 90.2 cm³/mol. The molecule has 1 aliphatic rings. The number of carbonyl (C=O) groups excluding carboxylic acids is 1. The van der Waals surface area contributed by atoms with Gasteiger partial charge in [-0.1, -0.05) is 12.1 Å². The molecule has 24 heavy (non-hydrogen) atoms. The minimum Gasteiger partial charge on any atom is -0.371 e. The molecule has 1 aromatic heterocycles. The Hall–Kier alpha value is -1.47. The van der Waals surface area contributed by atoms with Gasteiger partial charge in [-0.15, -0.1) is 0 Å². The van der Waals surface area contributed by atoms with Crippen LogP contribution in [0.5, 0.6) is 0 Å². The highest BCUT2D eigenvalue weighted by molar-refractivity contribution is 5.76. The van der Waals surface area contributed by atoms with Gasteiger partial charge in [0.2, 0.25) is 11.8 Å². The van der Waals surface area contributed by atoms with Crippen molar-refractivity contribution in [3.8, 4) is 0 Å². The minimum absolute atomic E-state index is 0.116. The highest BCUT2D eigenvalue weighted by Crippen LogP contribution is 2.23. The molecule has 2 rings (SSSR count). The maximum atomic E-state index is 12.4. The second-order valence-electron chi connectivity index (χ2n) is 6.68. The molecule has 1 fully saturated rings. The van der Waals surface area contributed by atoms with Gasteiger partial charge in [0.25, 0.3) is 0 Å². The van der Waals surface area contributed by atoms with Crippen LogP contribution in [0.2, 0.25) is 0 Å². The van der Waals surface area contributed by atoms with Crippen molar-refractivity contribution in [3.05, 3.63) is 11.7 Å². The Labute approximate surface area is 144 Å². The van der Waals surface area contributed by atoms with E-state index in [0.717, 1.165) is 13.1 Å². The van der Waals surface area contributed by atoms with Gasteiger partial charge in [0.1, 0.15) is 6.10 Å². The van der Waals surface area contributed by atoms with Crippen molar-refractivity contribution >= 4 is 5.91 Å². The molecule has 0 bridgehead atoms. The predicted octanol–water partition coefficient (Wildman–Crippen LogP) is 2.15. The number of amides is 1. The first kappa shape index (κ1) is 18.9. The van der Waals surface area contributed by atoms with Crippen molar-refractivity contribution in [2.24, 2.45) is 11.8 Å². The zero-order valence-electron chi connectivity index (χ0n) is 15.2. The summed E-state index contributed by atoms with van der Waals surface area (Å²) in [5.74, 6) is 2.04. The van der Waals surface area contributed by atoms with E-state index in [1.165, 1.54) is 12.8 Å². The van der Waals surface area contributed by atoms with Gasteiger partial charge in [0.05, 0.1) is 6.54 Å². The Bertz CT molecular complexity index is 514. The number of piperidine rings is 1. The summed E-state index contributed by atoms with van der Waals surface area (Å²) in [5.41, 5.74) is 0. The number of nitrogens with one attached hydrogen (secondary N) is 1. The van der Waals surface area contributed by atoms with E-state index in [9.17, 15) is 4.79 Å². The average molecular weight is 338 g/mol. The minimum atomic E-state index is -0.202. The molecule has 3 atom stereocenters. The lowest BCUT2D eigenvalue weighted by molar-refractivity contribution is -0.132. The van der Waals surface area contributed by atoms with Crippen LogP contribution in [0.1, 0.15) is 57.9 Å². The number of nitrogens with zero attached hydrogens (tertiary/aromatic N) is 3. The SMILES string of the molecule is CCOC(C)c1noc(CN(C)C(=O)CC(C)C2CCCNC2)n1. The first-order valence-corrected chi connectivity index (χ1v) is 8.90. The molecule has 0 radical (unpaired) electrons. The van der Waals surface area contributed by atoms with E-state index in [1.807, 2.05) is 13.8 Å². The Morgan fingerprint density at radius 2 is 2.29 bits per heavy atom. The largest absolute Gasteiger partial charge is 0.371 e. The normalized spacial score (nSPS) is 20.6. The van der Waals surface area contributed by atoms with Crippen LogP contribution < -0.4 is 5.32 Å². The Morgan fingerprint density at radius 3 is 2.96 bits per heavy atom. The lowest BCUT2D eigenvalue weighted by atomic mass is 9.85. The molecule has 0 saturated carbocycles. The van der Waals surface area contributed by atoms with E-state index in [1.54, 1.807) is 11.9 Å². The molecule has 2 heterocycles. The molecule has 1 aromatic rings. The number of aromatic nitrogens is 2. The average Bonchev–Trinajstić information content (AvgIpc) is 3.04. The summed E-state index contributed by atoms with van der Waals surface area (Å²) in [7, 11) is 1.78. The van der Waals surface area contributed by atoms with Gasteiger partial charge >= 0.3 is 0 Å². The molecule has 136 valence electrons. The summed E-state index contributed by atoms with van der Waals surface area (Å²) >= 11 is 0. The molecule has 7 heteroatoms. The second-order valence-corrected chi connectivity index (χ2v) is 6.68. The van der Waals surface area contributed by atoms with Crippen molar-refractivity contribution < 1.29 is 14.1 Å². The summed E-state index contributed by atoms with van der Waals surface area (Å²) in [6, 6.07) is 0.